The molecule has 0 aliphatic carbocycles. The minimum Gasteiger partial charge on any atom is -0.496 e. The SMILES string of the molecule is COc1ccc(S(=O)(=O)N2CCOC(c3ccccc3C)C2)cc1C. The van der Waals surface area contributed by atoms with Gasteiger partial charge in [0.15, 0.2) is 0 Å². The Hall–Kier alpha value is -1.89. The van der Waals surface area contributed by atoms with Crippen LogP contribution in [0.5, 0.6) is 5.75 Å². The molecule has 0 N–H and O–H groups in total. The molecule has 1 saturated heterocycles. The topological polar surface area (TPSA) is 55.8 Å². The van der Waals surface area contributed by atoms with E-state index in [-0.39, 0.29) is 11.0 Å². The van der Waals surface area contributed by atoms with E-state index < -0.39 is 10.0 Å². The Morgan fingerprint density at radius 3 is 2.56 bits per heavy atom. The van der Waals surface area contributed by atoms with E-state index in [4.69, 9.17) is 9.47 Å². The lowest BCUT2D eigenvalue weighted by molar-refractivity contribution is -0.00288. The smallest absolute Gasteiger partial charge is 0.243 e. The number of sulfonamides is 1. The van der Waals surface area contributed by atoms with Gasteiger partial charge in [0, 0.05) is 13.1 Å². The Balaban J connectivity index is 1.87. The zero-order chi connectivity index (χ0) is 18.0. The fourth-order valence-electron chi connectivity index (χ4n) is 3.14. The van der Waals surface area contributed by atoms with Gasteiger partial charge in [0.2, 0.25) is 10.0 Å². The highest BCUT2D eigenvalue weighted by molar-refractivity contribution is 7.89. The van der Waals surface area contributed by atoms with Crippen molar-refractivity contribution in [2.45, 2.75) is 24.8 Å². The van der Waals surface area contributed by atoms with E-state index in [2.05, 4.69) is 0 Å². The zero-order valence-electron chi connectivity index (χ0n) is 14.7. The number of hydrogen-bond acceptors (Lipinski definition) is 4. The predicted octanol–water partition coefficient (Wildman–Crippen LogP) is 3.07. The number of aryl methyl sites for hydroxylation is 2. The molecule has 25 heavy (non-hydrogen) atoms. The lowest BCUT2D eigenvalue weighted by atomic mass is 10.0. The van der Waals surface area contributed by atoms with Crippen molar-refractivity contribution in [2.75, 3.05) is 26.8 Å². The van der Waals surface area contributed by atoms with Crippen LogP contribution in [0.25, 0.3) is 0 Å². The maximum Gasteiger partial charge on any atom is 0.243 e. The van der Waals surface area contributed by atoms with Crippen molar-refractivity contribution >= 4 is 10.0 Å². The standard InChI is InChI=1S/C19H23NO4S/c1-14-6-4-5-7-17(14)19-13-20(10-11-24-19)25(21,22)16-8-9-18(23-3)15(2)12-16/h4-9,12,19H,10-11,13H2,1-3H3. The second-order valence-electron chi connectivity index (χ2n) is 6.21. The molecule has 0 aromatic heterocycles. The van der Waals surface area contributed by atoms with E-state index in [1.807, 2.05) is 38.1 Å². The zero-order valence-corrected chi connectivity index (χ0v) is 15.5. The van der Waals surface area contributed by atoms with Crippen LogP contribution in [-0.4, -0.2) is 39.5 Å². The monoisotopic (exact) mass is 361 g/mol. The van der Waals surface area contributed by atoms with Gasteiger partial charge in [-0.3, -0.25) is 0 Å². The highest BCUT2D eigenvalue weighted by atomic mass is 32.2. The molecule has 2 aromatic rings. The largest absolute Gasteiger partial charge is 0.496 e. The van der Waals surface area contributed by atoms with Crippen molar-refractivity contribution < 1.29 is 17.9 Å². The van der Waals surface area contributed by atoms with Gasteiger partial charge in [-0.15, -0.1) is 0 Å². The molecular formula is C19H23NO4S. The molecular weight excluding hydrogens is 338 g/mol. The molecule has 6 heteroatoms. The third-order valence-electron chi connectivity index (χ3n) is 4.57. The fraction of sp³-hybridized carbons (Fsp3) is 0.368. The summed E-state index contributed by atoms with van der Waals surface area (Å²) in [5, 5.41) is 0. The minimum absolute atomic E-state index is 0.246. The Kier molecular flexibility index (Phi) is 5.13. The normalized spacial score (nSPS) is 18.9. The summed E-state index contributed by atoms with van der Waals surface area (Å²) >= 11 is 0. The number of rotatable bonds is 4. The van der Waals surface area contributed by atoms with Crippen LogP contribution in [0, 0.1) is 13.8 Å². The average Bonchev–Trinajstić information content (AvgIpc) is 2.62. The second-order valence-corrected chi connectivity index (χ2v) is 8.15. The van der Waals surface area contributed by atoms with Crippen molar-refractivity contribution in [3.63, 3.8) is 0 Å². The molecule has 0 bridgehead atoms. The molecule has 1 aliphatic heterocycles. The summed E-state index contributed by atoms with van der Waals surface area (Å²) in [6.07, 6.45) is -0.246. The van der Waals surface area contributed by atoms with Crippen LogP contribution in [0.1, 0.15) is 22.8 Å². The maximum absolute atomic E-state index is 13.0. The molecule has 0 saturated carbocycles. The van der Waals surface area contributed by atoms with Crippen LogP contribution in [0.15, 0.2) is 47.4 Å². The molecule has 1 heterocycles. The van der Waals surface area contributed by atoms with E-state index in [1.54, 1.807) is 25.3 Å². The van der Waals surface area contributed by atoms with Crippen molar-refractivity contribution in [3.8, 4) is 5.75 Å². The van der Waals surface area contributed by atoms with Gasteiger partial charge in [-0.1, -0.05) is 24.3 Å². The molecule has 1 atom stereocenters. The summed E-state index contributed by atoms with van der Waals surface area (Å²) in [6.45, 7) is 4.91. The quantitative estimate of drug-likeness (QED) is 0.840. The molecule has 2 aromatic carbocycles. The molecule has 1 fully saturated rings. The third-order valence-corrected chi connectivity index (χ3v) is 6.43. The number of morpholine rings is 1. The Labute approximate surface area is 149 Å². The van der Waals surface area contributed by atoms with E-state index in [0.717, 1.165) is 16.7 Å². The fourth-order valence-corrected chi connectivity index (χ4v) is 4.65. The van der Waals surface area contributed by atoms with Gasteiger partial charge < -0.3 is 9.47 Å². The van der Waals surface area contributed by atoms with Gasteiger partial charge in [-0.05, 0) is 48.7 Å². The summed E-state index contributed by atoms with van der Waals surface area (Å²) in [4.78, 5) is 0.288. The first-order chi connectivity index (χ1) is 11.9. The van der Waals surface area contributed by atoms with Crippen LogP contribution in [-0.2, 0) is 14.8 Å². The Morgan fingerprint density at radius 2 is 1.88 bits per heavy atom. The first-order valence-electron chi connectivity index (χ1n) is 8.25. The van der Waals surface area contributed by atoms with Gasteiger partial charge in [0.25, 0.3) is 0 Å². The van der Waals surface area contributed by atoms with Gasteiger partial charge in [0.05, 0.1) is 24.7 Å². The molecule has 134 valence electrons. The van der Waals surface area contributed by atoms with Crippen molar-refractivity contribution in [1.29, 1.82) is 0 Å². The minimum atomic E-state index is -3.57. The number of methoxy groups -OCH3 is 1. The number of ether oxygens (including phenoxy) is 2. The van der Waals surface area contributed by atoms with E-state index in [0.29, 0.717) is 25.4 Å². The van der Waals surface area contributed by atoms with E-state index in [9.17, 15) is 8.42 Å². The van der Waals surface area contributed by atoms with Gasteiger partial charge in [-0.25, -0.2) is 8.42 Å². The lowest BCUT2D eigenvalue weighted by Crippen LogP contribution is -2.42. The van der Waals surface area contributed by atoms with Crippen LogP contribution < -0.4 is 4.74 Å². The third kappa shape index (κ3) is 3.56. The summed E-state index contributed by atoms with van der Waals surface area (Å²) < 4.78 is 38.6. The number of hydrogen-bond donors (Lipinski definition) is 0. The summed E-state index contributed by atoms with van der Waals surface area (Å²) in [5.41, 5.74) is 2.94. The Morgan fingerprint density at radius 1 is 1.12 bits per heavy atom. The average molecular weight is 361 g/mol. The molecule has 0 spiro atoms. The van der Waals surface area contributed by atoms with Crippen molar-refractivity contribution in [1.82, 2.24) is 4.31 Å². The first kappa shape index (κ1) is 17.9. The molecule has 1 aliphatic rings. The summed E-state index contributed by atoms with van der Waals surface area (Å²) in [5.74, 6) is 0.679. The van der Waals surface area contributed by atoms with Crippen LogP contribution in [0.4, 0.5) is 0 Å². The predicted molar refractivity (Wildman–Crippen MR) is 96.4 cm³/mol. The first-order valence-corrected chi connectivity index (χ1v) is 9.69. The second kappa shape index (κ2) is 7.15. The molecule has 0 amide bonds. The van der Waals surface area contributed by atoms with Gasteiger partial charge in [0.1, 0.15) is 5.75 Å². The van der Waals surface area contributed by atoms with Crippen molar-refractivity contribution in [3.05, 3.63) is 59.2 Å². The number of benzene rings is 2. The molecule has 3 rings (SSSR count). The highest BCUT2D eigenvalue weighted by Crippen LogP contribution is 2.29. The van der Waals surface area contributed by atoms with E-state index in [1.165, 1.54) is 4.31 Å². The number of nitrogens with zero attached hydrogens (tertiary/aromatic N) is 1. The summed E-state index contributed by atoms with van der Waals surface area (Å²) in [7, 11) is -1.99. The van der Waals surface area contributed by atoms with Crippen molar-refractivity contribution in [2.24, 2.45) is 0 Å². The molecule has 0 radical (unpaired) electrons. The maximum atomic E-state index is 13.0. The van der Waals surface area contributed by atoms with Gasteiger partial charge in [-0.2, -0.15) is 4.31 Å². The highest BCUT2D eigenvalue weighted by Gasteiger charge is 2.32. The lowest BCUT2D eigenvalue weighted by Gasteiger charge is -2.33. The van der Waals surface area contributed by atoms with Gasteiger partial charge >= 0.3 is 0 Å². The van der Waals surface area contributed by atoms with E-state index >= 15 is 0 Å². The van der Waals surface area contributed by atoms with Crippen LogP contribution in [0.3, 0.4) is 0 Å². The van der Waals surface area contributed by atoms with Crippen LogP contribution in [0.2, 0.25) is 0 Å². The molecule has 5 nitrogen and oxygen atoms in total. The Bertz CT molecular complexity index is 863. The van der Waals surface area contributed by atoms with Crippen LogP contribution >= 0.6 is 0 Å². The molecule has 1 unspecified atom stereocenters. The summed E-state index contributed by atoms with van der Waals surface area (Å²) in [6, 6.07) is 12.9.